The van der Waals surface area contributed by atoms with E-state index in [2.05, 4.69) is 173 Å². The fourth-order valence-electron chi connectivity index (χ4n) is 9.20. The van der Waals surface area contributed by atoms with Crippen LogP contribution in [0.15, 0.2) is 84.9 Å². The molecule has 1 heterocycles. The quantitative estimate of drug-likeness (QED) is 0.126. The zero-order valence-corrected chi connectivity index (χ0v) is 39.9. The Hall–Kier alpha value is -3.76. The van der Waals surface area contributed by atoms with Gasteiger partial charge in [0.1, 0.15) is 8.52 Å². The predicted molar refractivity (Wildman–Crippen MR) is 248 cm³/mol. The van der Waals surface area contributed by atoms with E-state index in [9.17, 15) is 0 Å². The van der Waals surface area contributed by atoms with Gasteiger partial charge in [0, 0.05) is 13.2 Å². The third kappa shape index (κ3) is 10.3. The molecule has 0 atom stereocenters. The Balaban J connectivity index is 0.000000988. The molecule has 0 aliphatic carbocycles. The number of nitrogens with one attached hydrogen (secondary N) is 1. The first-order valence-electron chi connectivity index (χ1n) is 20.1. The Morgan fingerprint density at radius 3 is 1.00 bits per heavy atom. The minimum Gasteiger partial charge on any atom is -1.00 e. The Bertz CT molecular complexity index is 2210. The van der Waals surface area contributed by atoms with E-state index in [1.807, 2.05) is 0 Å². The van der Waals surface area contributed by atoms with E-state index < -0.39 is 0 Å². The molecule has 6 heteroatoms. The van der Waals surface area contributed by atoms with Crippen LogP contribution in [0.1, 0.15) is 79.6 Å². The number of ether oxygens (including phenoxy) is 1. The maximum absolute atomic E-state index is 5.51. The van der Waals surface area contributed by atoms with Crippen molar-refractivity contribution in [2.24, 2.45) is 0 Å². The molecule has 1 aliphatic rings. The summed E-state index contributed by atoms with van der Waals surface area (Å²) in [7, 11) is 0.761. The molecule has 0 unspecified atom stereocenters. The van der Waals surface area contributed by atoms with Crippen molar-refractivity contribution < 1.29 is 21.9 Å². The largest absolute Gasteiger partial charge is 2.00 e. The number of para-hydroxylation sites is 1. The van der Waals surface area contributed by atoms with Crippen LogP contribution in [0.25, 0.3) is 49.6 Å². The van der Waals surface area contributed by atoms with E-state index in [1.165, 1.54) is 124 Å². The Kier molecular flexibility index (Phi) is 16.6. The minimum absolute atomic E-state index is 0. The van der Waals surface area contributed by atoms with Crippen molar-refractivity contribution in [2.45, 2.75) is 95.9 Å². The molecule has 0 aromatic heterocycles. The molecule has 3 nitrogen and oxygen atoms in total. The molecular formula is C52H59ClMgN2OP+. The van der Waals surface area contributed by atoms with Crippen molar-refractivity contribution >= 4 is 43.0 Å². The summed E-state index contributed by atoms with van der Waals surface area (Å²) >= 11 is 0. The van der Waals surface area contributed by atoms with E-state index in [0.29, 0.717) is 0 Å². The van der Waals surface area contributed by atoms with Crippen LogP contribution in [-0.2, 0) is 4.74 Å². The third-order valence-electron chi connectivity index (χ3n) is 11.0. The Labute approximate surface area is 373 Å². The number of aryl methyl sites for hydroxylation is 12. The summed E-state index contributed by atoms with van der Waals surface area (Å²) in [4.78, 5) is 0. The van der Waals surface area contributed by atoms with Crippen molar-refractivity contribution in [3.05, 3.63) is 157 Å². The summed E-state index contributed by atoms with van der Waals surface area (Å²) in [6.07, 6.45) is 2.56. The molecule has 0 saturated carbocycles. The van der Waals surface area contributed by atoms with Crippen LogP contribution in [0.2, 0.25) is 0 Å². The monoisotopic (exact) mass is 817 g/mol. The van der Waals surface area contributed by atoms with Gasteiger partial charge < -0.3 is 22.2 Å². The summed E-state index contributed by atoms with van der Waals surface area (Å²) in [5.74, 6) is 0. The van der Waals surface area contributed by atoms with Crippen molar-refractivity contribution in [1.29, 1.82) is 0 Å². The first-order chi connectivity index (χ1) is 26.7. The Morgan fingerprint density at radius 1 is 0.448 bits per heavy atom. The molecule has 0 spiro atoms. The Morgan fingerprint density at radius 2 is 0.724 bits per heavy atom. The summed E-state index contributed by atoms with van der Waals surface area (Å²) in [5, 5.41) is 5.51. The van der Waals surface area contributed by atoms with Gasteiger partial charge in [-0.15, -0.1) is 5.69 Å². The van der Waals surface area contributed by atoms with Crippen LogP contribution in [0.5, 0.6) is 0 Å². The molecule has 296 valence electrons. The molecule has 7 rings (SSSR count). The number of hydrogen-bond acceptors (Lipinski definition) is 1. The summed E-state index contributed by atoms with van der Waals surface area (Å²) in [6.45, 7) is 28.6. The number of nitrogens with zero attached hydrogens (tertiary/aromatic N) is 1. The summed E-state index contributed by atoms with van der Waals surface area (Å²) < 4.78 is 8.85. The molecule has 1 saturated heterocycles. The number of rotatable bonds is 7. The average molecular weight is 819 g/mol. The predicted octanol–water partition coefficient (Wildman–Crippen LogP) is 10.9. The number of hydrogen-bond donors (Lipinski definition) is 1. The van der Waals surface area contributed by atoms with Crippen LogP contribution < -0.4 is 17.2 Å². The second-order valence-electron chi connectivity index (χ2n) is 16.2. The summed E-state index contributed by atoms with van der Waals surface area (Å²) in [5.41, 5.74) is 27.3. The molecule has 58 heavy (non-hydrogen) atoms. The number of benzene rings is 6. The molecule has 1 fully saturated rings. The second kappa shape index (κ2) is 20.5. The van der Waals surface area contributed by atoms with Crippen LogP contribution in [0.3, 0.4) is 0 Å². The fourth-order valence-corrected chi connectivity index (χ4v) is 9.91. The topological polar surface area (TPSA) is 37.3 Å². The van der Waals surface area contributed by atoms with Gasteiger partial charge >= 0.3 is 23.1 Å². The van der Waals surface area contributed by atoms with Crippen LogP contribution >= 0.6 is 8.52 Å². The normalized spacial score (nSPS) is 12.1. The average Bonchev–Trinajstić information content (AvgIpc) is 3.69. The van der Waals surface area contributed by atoms with Gasteiger partial charge in [-0.1, -0.05) is 95.1 Å². The van der Waals surface area contributed by atoms with Gasteiger partial charge in [-0.25, -0.2) is 4.74 Å². The second-order valence-corrected chi connectivity index (χ2v) is 16.8. The van der Waals surface area contributed by atoms with Crippen molar-refractivity contribution in [1.82, 2.24) is 0 Å². The van der Waals surface area contributed by atoms with Gasteiger partial charge in [0.05, 0.1) is 11.1 Å². The maximum Gasteiger partial charge on any atom is 2.00 e. The smallest absolute Gasteiger partial charge is 1.00 e. The van der Waals surface area contributed by atoms with Crippen LogP contribution in [0, 0.1) is 83.1 Å². The van der Waals surface area contributed by atoms with Crippen LogP contribution in [0.4, 0.5) is 11.4 Å². The van der Waals surface area contributed by atoms with E-state index in [-0.39, 0.29) is 35.5 Å². The van der Waals surface area contributed by atoms with Gasteiger partial charge in [0.25, 0.3) is 0 Å². The van der Waals surface area contributed by atoms with Gasteiger partial charge in [0.2, 0.25) is 5.69 Å². The first kappa shape index (κ1) is 46.9. The van der Waals surface area contributed by atoms with Crippen molar-refractivity contribution in [2.75, 3.05) is 13.2 Å². The third-order valence-corrected chi connectivity index (χ3v) is 11.6. The molecule has 0 amide bonds. The minimum atomic E-state index is 0. The fraction of sp³-hybridized carbons (Fsp3) is 0.308. The summed E-state index contributed by atoms with van der Waals surface area (Å²) in [6, 6.07) is 31.8. The van der Waals surface area contributed by atoms with E-state index in [0.717, 1.165) is 33.1 Å². The zero-order valence-electron chi connectivity index (χ0n) is 36.8. The van der Waals surface area contributed by atoms with Crippen molar-refractivity contribution in [3.8, 4) is 44.5 Å². The molecule has 1 N–H and O–H groups in total. The zero-order chi connectivity index (χ0) is 40.3. The van der Waals surface area contributed by atoms with E-state index in [4.69, 9.17) is 9.82 Å². The first-order valence-corrected chi connectivity index (χ1v) is 20.9. The number of halogens is 1. The molecule has 0 bridgehead atoms. The molecule has 0 radical (unpaired) electrons. The van der Waals surface area contributed by atoms with E-state index >= 15 is 0 Å². The van der Waals surface area contributed by atoms with Gasteiger partial charge in [-0.2, -0.15) is 0 Å². The standard InChI is InChI=1S/C48H50N2P.C4H8O.ClH.Mg/c1-27-19-31(5)43(32(6)20-27)39-15-13-16-40(44-33(7)21-28(2)22-34(44)8)47(39)49-51-50-48-41(45-35(9)23-29(3)24-36(45)10)17-14-18-42(48)46-37(11)25-30(4)26-38(46)12;1-2-4-5-3-1;;/h13-26H,1-12H3;1-4H2;1H;/q-1;;;+2. The molecule has 6 aromatic carbocycles. The maximum atomic E-state index is 5.51. The van der Waals surface area contributed by atoms with Crippen LogP contribution in [-0.4, -0.2) is 36.3 Å². The molecule has 1 aliphatic heterocycles. The van der Waals surface area contributed by atoms with Gasteiger partial charge in [-0.05, 0) is 186 Å². The van der Waals surface area contributed by atoms with Gasteiger partial charge in [-0.3, -0.25) is 0 Å². The molecular weight excluding hydrogens is 759 g/mol. The molecule has 6 aromatic rings. The van der Waals surface area contributed by atoms with Crippen molar-refractivity contribution in [3.63, 3.8) is 0 Å². The van der Waals surface area contributed by atoms with Gasteiger partial charge in [0.15, 0.2) is 0 Å². The van der Waals surface area contributed by atoms with E-state index in [1.54, 1.807) is 0 Å². The SMILES string of the molecule is C1CCOC1.Cc1cc(C)c(-c2cccc(-c3c(C)cc(C)cc3C)c2[N-]P=[NH+]c2c(-c3c(C)cc(C)cc3C)cccc2-c2c(C)cc(C)cc2C)c(C)c1.[Cl-].[Mg+2].